The lowest BCUT2D eigenvalue weighted by Gasteiger charge is -2.26. The monoisotopic (exact) mass is 258 g/mol. The second-order valence-electron chi connectivity index (χ2n) is 5.29. The third kappa shape index (κ3) is 4.66. The first kappa shape index (κ1) is 14.0. The first-order chi connectivity index (χ1) is 9.31. The summed E-state index contributed by atoms with van der Waals surface area (Å²) in [7, 11) is 2.06. The minimum atomic E-state index is 0.163. The Labute approximate surface area is 115 Å². The van der Waals surface area contributed by atoms with Crippen LogP contribution in [0.25, 0.3) is 0 Å². The van der Waals surface area contributed by atoms with E-state index in [4.69, 9.17) is 10.00 Å². The van der Waals surface area contributed by atoms with Gasteiger partial charge in [-0.25, -0.2) is 0 Å². The van der Waals surface area contributed by atoms with Gasteiger partial charge in [0.2, 0.25) is 0 Å². The fourth-order valence-electron chi connectivity index (χ4n) is 2.19. The van der Waals surface area contributed by atoms with Gasteiger partial charge in [0.15, 0.2) is 0 Å². The van der Waals surface area contributed by atoms with Crippen LogP contribution in [0.3, 0.4) is 0 Å². The molecule has 102 valence electrons. The van der Waals surface area contributed by atoms with E-state index in [1.807, 2.05) is 18.2 Å². The van der Waals surface area contributed by atoms with Crippen LogP contribution in [0.2, 0.25) is 0 Å². The van der Waals surface area contributed by atoms with Crippen LogP contribution in [-0.2, 0) is 4.74 Å². The van der Waals surface area contributed by atoms with Gasteiger partial charge in [0.05, 0.1) is 19.1 Å². The van der Waals surface area contributed by atoms with Gasteiger partial charge in [0.1, 0.15) is 0 Å². The summed E-state index contributed by atoms with van der Waals surface area (Å²) in [6, 6.07) is 12.7. The predicted molar refractivity (Wildman–Crippen MR) is 75.6 cm³/mol. The molecule has 0 amide bonds. The lowest BCUT2D eigenvalue weighted by atomic mass is 10.0. The fraction of sp³-hybridized carbons (Fsp3) is 0.562. The molecule has 3 nitrogen and oxygen atoms in total. The van der Waals surface area contributed by atoms with Crippen molar-refractivity contribution >= 4 is 0 Å². The van der Waals surface area contributed by atoms with Gasteiger partial charge in [-0.05, 0) is 31.4 Å². The summed E-state index contributed by atoms with van der Waals surface area (Å²) >= 11 is 0. The SMILES string of the molecule is CN(CCOCC1CC1)C(CC#N)c1ccccc1. The van der Waals surface area contributed by atoms with Gasteiger partial charge in [-0.1, -0.05) is 30.3 Å². The molecule has 1 unspecified atom stereocenters. The molecule has 1 fully saturated rings. The molecule has 0 saturated heterocycles. The van der Waals surface area contributed by atoms with Gasteiger partial charge in [-0.3, -0.25) is 4.90 Å². The third-order valence-electron chi connectivity index (χ3n) is 3.64. The molecule has 1 atom stereocenters. The number of likely N-dealkylation sites (N-methyl/N-ethyl adjacent to an activating group) is 1. The van der Waals surface area contributed by atoms with Gasteiger partial charge in [0, 0.05) is 19.2 Å². The molecular weight excluding hydrogens is 236 g/mol. The van der Waals surface area contributed by atoms with E-state index < -0.39 is 0 Å². The zero-order valence-electron chi connectivity index (χ0n) is 11.6. The maximum Gasteiger partial charge on any atom is 0.0641 e. The van der Waals surface area contributed by atoms with E-state index in [-0.39, 0.29) is 6.04 Å². The molecule has 0 aliphatic heterocycles. The number of hydrogen-bond acceptors (Lipinski definition) is 3. The van der Waals surface area contributed by atoms with Crippen LogP contribution in [0.1, 0.15) is 30.9 Å². The Morgan fingerprint density at radius 3 is 2.74 bits per heavy atom. The lowest BCUT2D eigenvalue weighted by Crippen LogP contribution is -2.28. The highest BCUT2D eigenvalue weighted by molar-refractivity contribution is 5.20. The number of hydrogen-bond donors (Lipinski definition) is 0. The smallest absolute Gasteiger partial charge is 0.0641 e. The maximum absolute atomic E-state index is 8.99. The van der Waals surface area contributed by atoms with Crippen molar-refractivity contribution < 1.29 is 4.74 Å². The van der Waals surface area contributed by atoms with Crippen LogP contribution in [0.5, 0.6) is 0 Å². The highest BCUT2D eigenvalue weighted by Gasteiger charge is 2.21. The first-order valence-electron chi connectivity index (χ1n) is 7.01. The highest BCUT2D eigenvalue weighted by Crippen LogP contribution is 2.28. The Morgan fingerprint density at radius 1 is 1.37 bits per heavy atom. The Balaban J connectivity index is 1.81. The number of ether oxygens (including phenoxy) is 1. The van der Waals surface area contributed by atoms with E-state index in [1.165, 1.54) is 18.4 Å². The summed E-state index contributed by atoms with van der Waals surface area (Å²) in [6.07, 6.45) is 3.18. The fourth-order valence-corrected chi connectivity index (χ4v) is 2.19. The number of benzene rings is 1. The topological polar surface area (TPSA) is 36.3 Å². The Bertz CT molecular complexity index is 409. The molecule has 0 radical (unpaired) electrons. The number of rotatable bonds is 8. The molecule has 0 aromatic heterocycles. The van der Waals surface area contributed by atoms with Gasteiger partial charge >= 0.3 is 0 Å². The minimum Gasteiger partial charge on any atom is -0.380 e. The predicted octanol–water partition coefficient (Wildman–Crippen LogP) is 3.00. The average Bonchev–Trinajstić information content (AvgIpc) is 3.26. The van der Waals surface area contributed by atoms with E-state index in [2.05, 4.69) is 30.1 Å². The summed E-state index contributed by atoms with van der Waals surface area (Å²) in [5.41, 5.74) is 1.20. The summed E-state index contributed by atoms with van der Waals surface area (Å²) in [5, 5.41) is 8.99. The second-order valence-corrected chi connectivity index (χ2v) is 5.29. The molecule has 1 aromatic carbocycles. The van der Waals surface area contributed by atoms with Gasteiger partial charge in [-0.2, -0.15) is 5.26 Å². The lowest BCUT2D eigenvalue weighted by molar-refractivity contribution is 0.0917. The molecule has 1 saturated carbocycles. The van der Waals surface area contributed by atoms with Crippen molar-refractivity contribution in [1.82, 2.24) is 4.90 Å². The average molecular weight is 258 g/mol. The zero-order valence-corrected chi connectivity index (χ0v) is 11.6. The second kappa shape index (κ2) is 7.28. The molecule has 0 N–H and O–H groups in total. The van der Waals surface area contributed by atoms with E-state index >= 15 is 0 Å². The summed E-state index contributed by atoms with van der Waals surface area (Å²) in [6.45, 7) is 2.53. The molecule has 0 heterocycles. The van der Waals surface area contributed by atoms with Crippen molar-refractivity contribution in [2.24, 2.45) is 5.92 Å². The molecular formula is C16H22N2O. The van der Waals surface area contributed by atoms with E-state index in [0.29, 0.717) is 6.42 Å². The Hall–Kier alpha value is -1.37. The van der Waals surface area contributed by atoms with E-state index in [0.717, 1.165) is 25.7 Å². The van der Waals surface area contributed by atoms with Crippen molar-refractivity contribution in [1.29, 1.82) is 5.26 Å². The van der Waals surface area contributed by atoms with Crippen LogP contribution in [0.15, 0.2) is 30.3 Å². The number of nitrogens with zero attached hydrogens (tertiary/aromatic N) is 2. The molecule has 3 heteroatoms. The largest absolute Gasteiger partial charge is 0.380 e. The normalized spacial score (nSPS) is 16.3. The van der Waals surface area contributed by atoms with Crippen molar-refractivity contribution in [3.05, 3.63) is 35.9 Å². The third-order valence-corrected chi connectivity index (χ3v) is 3.64. The molecule has 0 bridgehead atoms. The summed E-state index contributed by atoms with van der Waals surface area (Å²) in [4.78, 5) is 2.21. The van der Waals surface area contributed by atoms with Crippen LogP contribution in [0.4, 0.5) is 0 Å². The molecule has 1 aromatic rings. The van der Waals surface area contributed by atoms with Crippen LogP contribution >= 0.6 is 0 Å². The molecule has 2 rings (SSSR count). The van der Waals surface area contributed by atoms with Gasteiger partial charge < -0.3 is 4.74 Å². The quantitative estimate of drug-likeness (QED) is 0.672. The van der Waals surface area contributed by atoms with Crippen LogP contribution in [-0.4, -0.2) is 31.7 Å². The van der Waals surface area contributed by atoms with E-state index in [9.17, 15) is 0 Å². The first-order valence-corrected chi connectivity index (χ1v) is 7.01. The Kier molecular flexibility index (Phi) is 5.38. The summed E-state index contributed by atoms with van der Waals surface area (Å²) < 4.78 is 5.67. The highest BCUT2D eigenvalue weighted by atomic mass is 16.5. The molecule has 19 heavy (non-hydrogen) atoms. The standard InChI is InChI=1S/C16H22N2O/c1-18(11-12-19-13-14-7-8-14)16(9-10-17)15-5-3-2-4-6-15/h2-6,14,16H,7-9,11-13H2,1H3. The maximum atomic E-state index is 8.99. The Morgan fingerprint density at radius 2 is 2.11 bits per heavy atom. The van der Waals surface area contributed by atoms with Crippen molar-refractivity contribution in [3.63, 3.8) is 0 Å². The van der Waals surface area contributed by atoms with Crippen molar-refractivity contribution in [2.45, 2.75) is 25.3 Å². The van der Waals surface area contributed by atoms with Crippen molar-refractivity contribution in [3.8, 4) is 6.07 Å². The van der Waals surface area contributed by atoms with Crippen LogP contribution in [0, 0.1) is 17.2 Å². The minimum absolute atomic E-state index is 0.163. The molecule has 1 aliphatic carbocycles. The van der Waals surface area contributed by atoms with Crippen LogP contribution < -0.4 is 0 Å². The molecule has 0 spiro atoms. The van der Waals surface area contributed by atoms with E-state index in [1.54, 1.807) is 0 Å². The summed E-state index contributed by atoms with van der Waals surface area (Å²) in [5.74, 6) is 0.814. The van der Waals surface area contributed by atoms with Gasteiger partial charge in [-0.15, -0.1) is 0 Å². The van der Waals surface area contributed by atoms with Crippen molar-refractivity contribution in [2.75, 3.05) is 26.8 Å². The van der Waals surface area contributed by atoms with Gasteiger partial charge in [0.25, 0.3) is 0 Å². The zero-order chi connectivity index (χ0) is 13.5. The number of nitriles is 1. The molecule has 1 aliphatic rings.